The number of non-ortho nitro benzene ring substituents is 1. The van der Waals surface area contributed by atoms with Crippen LogP contribution in [-0.2, 0) is 7.05 Å². The lowest BCUT2D eigenvalue weighted by Gasteiger charge is -2.22. The lowest BCUT2D eigenvalue weighted by molar-refractivity contribution is -0.384. The standard InChI is InChI=1S/C29H32N6O3S/c1-4-9-21-14-16-23(17-15-21)31-33-26(22-10-8-13-25(18-22)35(37)38)19-39-29(33)30-27-20(2)32(3)34(28(27)36)24-11-6-5-7-12-24/h5-8,10-13,18-19,21H,4,9,14-17H2,1-3H3. The molecule has 0 radical (unpaired) electrons. The lowest BCUT2D eigenvalue weighted by atomic mass is 9.85. The second kappa shape index (κ2) is 11.4. The molecule has 4 aromatic rings. The van der Waals surface area contributed by atoms with E-state index < -0.39 is 4.92 Å². The van der Waals surface area contributed by atoms with Crippen LogP contribution in [0.4, 0.5) is 11.4 Å². The van der Waals surface area contributed by atoms with Gasteiger partial charge in [0.15, 0.2) is 5.69 Å². The molecule has 1 aliphatic rings. The fraction of sp³-hybridized carbons (Fsp3) is 0.345. The highest BCUT2D eigenvalue weighted by atomic mass is 32.1. The number of hydrogen-bond acceptors (Lipinski definition) is 6. The van der Waals surface area contributed by atoms with Crippen LogP contribution in [0.5, 0.6) is 0 Å². The quantitative estimate of drug-likeness (QED) is 0.200. The molecule has 1 saturated carbocycles. The molecule has 2 aromatic carbocycles. The number of nitrogens with zero attached hydrogens (tertiary/aromatic N) is 6. The van der Waals surface area contributed by atoms with E-state index in [-0.39, 0.29) is 11.2 Å². The summed E-state index contributed by atoms with van der Waals surface area (Å²) in [6.45, 7) is 4.10. The first-order valence-electron chi connectivity index (χ1n) is 13.3. The van der Waals surface area contributed by atoms with Crippen LogP contribution >= 0.6 is 11.3 Å². The van der Waals surface area contributed by atoms with E-state index in [0.717, 1.165) is 48.7 Å². The third kappa shape index (κ3) is 5.42. The second-order valence-corrected chi connectivity index (χ2v) is 10.8. The van der Waals surface area contributed by atoms with Crippen LogP contribution in [0, 0.1) is 23.0 Å². The van der Waals surface area contributed by atoms with E-state index in [1.54, 1.807) is 26.2 Å². The van der Waals surface area contributed by atoms with Gasteiger partial charge in [-0.05, 0) is 50.7 Å². The molecule has 0 atom stereocenters. The van der Waals surface area contributed by atoms with E-state index >= 15 is 0 Å². The molecule has 9 nitrogen and oxygen atoms in total. The van der Waals surface area contributed by atoms with Crippen molar-refractivity contribution >= 4 is 28.4 Å². The molecule has 2 heterocycles. The zero-order chi connectivity index (χ0) is 27.5. The highest BCUT2D eigenvalue weighted by Gasteiger charge is 2.20. The zero-order valence-electron chi connectivity index (χ0n) is 22.4. The van der Waals surface area contributed by atoms with Crippen LogP contribution in [0.1, 0.15) is 51.1 Å². The highest BCUT2D eigenvalue weighted by molar-refractivity contribution is 7.07. The first-order valence-corrected chi connectivity index (χ1v) is 14.2. The molecule has 39 heavy (non-hydrogen) atoms. The summed E-state index contributed by atoms with van der Waals surface area (Å²) >= 11 is 1.37. The van der Waals surface area contributed by atoms with Gasteiger partial charge in [-0.3, -0.25) is 19.6 Å². The summed E-state index contributed by atoms with van der Waals surface area (Å²) in [4.78, 5) is 30.0. The summed E-state index contributed by atoms with van der Waals surface area (Å²) in [5.41, 5.74) is 4.10. The van der Waals surface area contributed by atoms with Crippen molar-refractivity contribution in [1.82, 2.24) is 14.0 Å². The summed E-state index contributed by atoms with van der Waals surface area (Å²) in [5.74, 6) is 0.727. The van der Waals surface area contributed by atoms with Gasteiger partial charge >= 0.3 is 0 Å². The predicted molar refractivity (Wildman–Crippen MR) is 155 cm³/mol. The molecule has 0 unspecified atom stereocenters. The van der Waals surface area contributed by atoms with Crippen molar-refractivity contribution in [3.05, 3.63) is 90.9 Å². The summed E-state index contributed by atoms with van der Waals surface area (Å²) in [6.07, 6.45) is 6.46. The molecule has 0 aliphatic heterocycles. The molecule has 1 fully saturated rings. The Labute approximate surface area is 230 Å². The number of benzene rings is 2. The average Bonchev–Trinajstić information content (AvgIpc) is 3.43. The number of nitro groups is 1. The van der Waals surface area contributed by atoms with E-state index in [9.17, 15) is 14.9 Å². The van der Waals surface area contributed by atoms with Crippen LogP contribution in [-0.4, -0.2) is 24.7 Å². The Morgan fingerprint density at radius 3 is 2.54 bits per heavy atom. The summed E-state index contributed by atoms with van der Waals surface area (Å²) in [5, 5.41) is 18.4. The maximum atomic E-state index is 13.5. The Balaban J connectivity index is 1.65. The first-order chi connectivity index (χ1) is 18.9. The van der Waals surface area contributed by atoms with Gasteiger partial charge < -0.3 is 0 Å². The molecule has 0 N–H and O–H groups in total. The molecule has 5 rings (SSSR count). The molecule has 0 bridgehead atoms. The Kier molecular flexibility index (Phi) is 7.74. The van der Waals surface area contributed by atoms with Gasteiger partial charge in [0.25, 0.3) is 11.2 Å². The Morgan fingerprint density at radius 2 is 1.85 bits per heavy atom. The molecule has 1 aliphatic carbocycles. The number of thiazole rings is 1. The molecule has 0 spiro atoms. The highest BCUT2D eigenvalue weighted by Crippen LogP contribution is 2.28. The molecule has 0 amide bonds. The zero-order valence-corrected chi connectivity index (χ0v) is 23.2. The minimum Gasteiger partial charge on any atom is -0.283 e. The van der Waals surface area contributed by atoms with Gasteiger partial charge in [-0.2, -0.15) is 5.10 Å². The average molecular weight is 545 g/mol. The summed E-state index contributed by atoms with van der Waals surface area (Å²) in [7, 11) is 1.84. The maximum absolute atomic E-state index is 13.5. The minimum atomic E-state index is -0.397. The van der Waals surface area contributed by atoms with Crippen molar-refractivity contribution in [2.75, 3.05) is 0 Å². The van der Waals surface area contributed by atoms with Gasteiger partial charge in [0.1, 0.15) is 0 Å². The Hall–Kier alpha value is -4.05. The molecule has 2 aromatic heterocycles. The molecule has 10 heteroatoms. The summed E-state index contributed by atoms with van der Waals surface area (Å²) < 4.78 is 5.17. The largest absolute Gasteiger partial charge is 0.297 e. The third-order valence-electron chi connectivity index (χ3n) is 7.39. The first kappa shape index (κ1) is 26.6. The van der Waals surface area contributed by atoms with Crippen molar-refractivity contribution in [2.45, 2.75) is 52.4 Å². The number of nitro benzene ring substituents is 1. The number of para-hydroxylation sites is 1. The fourth-order valence-electron chi connectivity index (χ4n) is 5.18. The predicted octanol–water partition coefficient (Wildman–Crippen LogP) is 6.35. The van der Waals surface area contributed by atoms with Crippen LogP contribution in [0.3, 0.4) is 0 Å². The SMILES string of the molecule is CCCC1CCC(=Nn2c(-c3cccc([N+](=O)[O-])c3)csc2=Nc2c(C)n(C)n(-c3ccccc3)c2=O)CC1. The fourth-order valence-corrected chi connectivity index (χ4v) is 6.01. The van der Waals surface area contributed by atoms with Gasteiger partial charge in [-0.1, -0.05) is 50.1 Å². The van der Waals surface area contributed by atoms with Crippen LogP contribution < -0.4 is 10.4 Å². The van der Waals surface area contributed by atoms with Gasteiger partial charge in [-0.15, -0.1) is 11.3 Å². The van der Waals surface area contributed by atoms with Gasteiger partial charge in [0.05, 0.1) is 22.0 Å². The Morgan fingerprint density at radius 1 is 1.10 bits per heavy atom. The van der Waals surface area contributed by atoms with Crippen LogP contribution in [0.25, 0.3) is 16.9 Å². The van der Waals surface area contributed by atoms with Crippen molar-refractivity contribution in [2.24, 2.45) is 23.1 Å². The van der Waals surface area contributed by atoms with E-state index in [4.69, 9.17) is 10.1 Å². The van der Waals surface area contributed by atoms with Crippen molar-refractivity contribution in [3.63, 3.8) is 0 Å². The van der Waals surface area contributed by atoms with Gasteiger partial charge in [-0.25, -0.2) is 14.4 Å². The van der Waals surface area contributed by atoms with Crippen molar-refractivity contribution in [1.29, 1.82) is 0 Å². The number of hydrogen-bond donors (Lipinski definition) is 0. The van der Waals surface area contributed by atoms with E-state index in [1.165, 1.54) is 30.2 Å². The number of aromatic nitrogens is 3. The molecule has 202 valence electrons. The van der Waals surface area contributed by atoms with E-state index in [2.05, 4.69) is 6.92 Å². The van der Waals surface area contributed by atoms with Gasteiger partial charge in [0, 0.05) is 35.8 Å². The van der Waals surface area contributed by atoms with Gasteiger partial charge in [0.2, 0.25) is 4.80 Å². The van der Waals surface area contributed by atoms with Crippen molar-refractivity contribution in [3.8, 4) is 16.9 Å². The topological polar surface area (TPSA) is 99.7 Å². The van der Waals surface area contributed by atoms with E-state index in [0.29, 0.717) is 21.7 Å². The lowest BCUT2D eigenvalue weighted by Crippen LogP contribution is -2.20. The summed E-state index contributed by atoms with van der Waals surface area (Å²) in [6, 6.07) is 16.0. The smallest absolute Gasteiger partial charge is 0.283 e. The van der Waals surface area contributed by atoms with Crippen LogP contribution in [0.2, 0.25) is 0 Å². The minimum absolute atomic E-state index is 0.0149. The van der Waals surface area contributed by atoms with Crippen LogP contribution in [0.15, 0.2) is 74.9 Å². The Bertz CT molecular complexity index is 1650. The number of rotatable bonds is 7. The van der Waals surface area contributed by atoms with Crippen molar-refractivity contribution < 1.29 is 4.92 Å². The monoisotopic (exact) mass is 544 g/mol. The molecular weight excluding hydrogens is 512 g/mol. The molecule has 0 saturated heterocycles. The van der Waals surface area contributed by atoms with E-state index in [1.807, 2.05) is 55.7 Å². The normalized spacial score (nSPS) is 16.0. The second-order valence-electron chi connectivity index (χ2n) is 9.94. The maximum Gasteiger partial charge on any atom is 0.297 e. The molecular formula is C29H32N6O3S. The third-order valence-corrected chi connectivity index (χ3v) is 8.21.